The number of thioether (sulfide) groups is 1. The van der Waals surface area contributed by atoms with Gasteiger partial charge in [0.25, 0.3) is 0 Å². The first kappa shape index (κ1) is 18.2. The Hall–Kier alpha value is -3.13. The van der Waals surface area contributed by atoms with Gasteiger partial charge in [-0.2, -0.15) is 4.68 Å². The van der Waals surface area contributed by atoms with Crippen molar-refractivity contribution in [2.45, 2.75) is 24.3 Å². The van der Waals surface area contributed by atoms with E-state index in [0.29, 0.717) is 5.16 Å². The van der Waals surface area contributed by atoms with Crippen LogP contribution < -0.4 is 4.74 Å². The van der Waals surface area contributed by atoms with E-state index in [4.69, 9.17) is 4.74 Å². The highest BCUT2D eigenvalue weighted by Crippen LogP contribution is 2.30. The largest absolute Gasteiger partial charge is 0.497 e. The number of benzene rings is 2. The average Bonchev–Trinajstić information content (AvgIpc) is 3.30. The van der Waals surface area contributed by atoms with Crippen molar-refractivity contribution in [3.63, 3.8) is 0 Å². The number of hydrogen-bond acceptors (Lipinski definition) is 6. The molecule has 1 atom stereocenters. The molecule has 0 aliphatic rings. The van der Waals surface area contributed by atoms with Crippen LogP contribution in [0.3, 0.4) is 0 Å². The number of carbonyl (C=O) groups excluding carboxylic acids is 1. The van der Waals surface area contributed by atoms with Crippen LogP contribution in [0.2, 0.25) is 0 Å². The molecule has 2 aromatic heterocycles. The van der Waals surface area contributed by atoms with Gasteiger partial charge in [-0.1, -0.05) is 30.0 Å². The lowest BCUT2D eigenvalue weighted by molar-refractivity contribution is 0.0995. The third-order valence-electron chi connectivity index (χ3n) is 4.55. The van der Waals surface area contributed by atoms with E-state index in [0.717, 1.165) is 33.6 Å². The van der Waals surface area contributed by atoms with Crippen molar-refractivity contribution >= 4 is 28.4 Å². The Morgan fingerprint density at radius 3 is 2.68 bits per heavy atom. The summed E-state index contributed by atoms with van der Waals surface area (Å²) in [5.74, 6) is 0.800. The Morgan fingerprint density at radius 1 is 1.18 bits per heavy atom. The first-order chi connectivity index (χ1) is 13.6. The highest BCUT2D eigenvalue weighted by atomic mass is 32.2. The zero-order valence-corrected chi connectivity index (χ0v) is 16.5. The zero-order valence-electron chi connectivity index (χ0n) is 15.7. The highest BCUT2D eigenvalue weighted by Gasteiger charge is 2.24. The Labute approximate surface area is 166 Å². The summed E-state index contributed by atoms with van der Waals surface area (Å²) in [5.41, 5.74) is 3.35. The predicted octanol–water partition coefficient (Wildman–Crippen LogP) is 3.82. The number of ketones is 1. The second kappa shape index (κ2) is 7.47. The summed E-state index contributed by atoms with van der Waals surface area (Å²) in [6.45, 7) is 3.80. The summed E-state index contributed by atoms with van der Waals surface area (Å²) >= 11 is 1.34. The first-order valence-electron chi connectivity index (χ1n) is 8.79. The van der Waals surface area contributed by atoms with Crippen LogP contribution in [0.1, 0.15) is 23.0 Å². The van der Waals surface area contributed by atoms with Crippen LogP contribution in [0.4, 0.5) is 0 Å². The molecule has 0 fully saturated rings. The number of fused-ring (bicyclic) bond motifs is 1. The van der Waals surface area contributed by atoms with Crippen LogP contribution in [-0.2, 0) is 0 Å². The number of aryl methyl sites for hydroxylation is 1. The van der Waals surface area contributed by atoms with Crippen molar-refractivity contribution in [2.24, 2.45) is 0 Å². The maximum absolute atomic E-state index is 13.2. The van der Waals surface area contributed by atoms with Crippen molar-refractivity contribution in [3.05, 3.63) is 59.8 Å². The molecule has 0 unspecified atom stereocenters. The van der Waals surface area contributed by atoms with Crippen molar-refractivity contribution in [1.82, 2.24) is 25.2 Å². The number of aromatic amines is 1. The molecule has 0 saturated heterocycles. The lowest BCUT2D eigenvalue weighted by atomic mass is 10.1. The summed E-state index contributed by atoms with van der Waals surface area (Å²) in [7, 11) is 1.62. The maximum Gasteiger partial charge on any atom is 0.214 e. The molecule has 0 radical (unpaired) electrons. The third kappa shape index (κ3) is 3.27. The molecule has 4 rings (SSSR count). The van der Waals surface area contributed by atoms with Crippen molar-refractivity contribution in [3.8, 4) is 11.4 Å². The number of methoxy groups -OCH3 is 1. The topological polar surface area (TPSA) is 85.7 Å². The molecular weight excluding hydrogens is 374 g/mol. The molecule has 7 nitrogen and oxygen atoms in total. The quantitative estimate of drug-likeness (QED) is 0.396. The minimum absolute atomic E-state index is 0.0456. The number of para-hydroxylation sites is 1. The standard InChI is InChI=1S/C20H19N5O2S/c1-12-18(16-6-4-5-7-17(16)21-12)19(26)13(2)28-20-22-23-24-25(20)14-8-10-15(27-3)11-9-14/h4-11,13,21H,1-3H3/t13-/m1/s1. The number of nitrogens with zero attached hydrogens (tertiary/aromatic N) is 4. The van der Waals surface area contributed by atoms with E-state index in [1.165, 1.54) is 11.8 Å². The summed E-state index contributed by atoms with van der Waals surface area (Å²) in [5, 5.41) is 13.1. The molecule has 4 aromatic rings. The summed E-state index contributed by atoms with van der Waals surface area (Å²) in [6.07, 6.45) is 0. The molecule has 0 aliphatic carbocycles. The van der Waals surface area contributed by atoms with E-state index in [1.807, 2.05) is 62.4 Å². The molecule has 0 bridgehead atoms. The second-order valence-corrected chi connectivity index (χ2v) is 7.67. The maximum atomic E-state index is 13.2. The summed E-state index contributed by atoms with van der Waals surface area (Å²) in [6, 6.07) is 15.3. The molecule has 0 saturated carbocycles. The van der Waals surface area contributed by atoms with Gasteiger partial charge in [0.2, 0.25) is 5.16 Å². The molecule has 0 spiro atoms. The van der Waals surface area contributed by atoms with Crippen molar-refractivity contribution in [1.29, 1.82) is 0 Å². The number of hydrogen-bond donors (Lipinski definition) is 1. The molecule has 0 amide bonds. The number of nitrogens with one attached hydrogen (secondary N) is 1. The minimum Gasteiger partial charge on any atom is -0.497 e. The fraction of sp³-hybridized carbons (Fsp3) is 0.200. The predicted molar refractivity (Wildman–Crippen MR) is 108 cm³/mol. The number of carbonyl (C=O) groups is 1. The van der Waals surface area contributed by atoms with Crippen molar-refractivity contribution < 1.29 is 9.53 Å². The fourth-order valence-corrected chi connectivity index (χ4v) is 4.01. The first-order valence-corrected chi connectivity index (χ1v) is 9.67. The molecule has 142 valence electrons. The Balaban J connectivity index is 1.60. The van der Waals surface area contributed by atoms with Gasteiger partial charge in [0.1, 0.15) is 5.75 Å². The lowest BCUT2D eigenvalue weighted by Crippen LogP contribution is -2.15. The summed E-state index contributed by atoms with van der Waals surface area (Å²) < 4.78 is 6.81. The van der Waals surface area contributed by atoms with Gasteiger partial charge in [-0.05, 0) is 54.6 Å². The van der Waals surface area contributed by atoms with Gasteiger partial charge in [-0.3, -0.25) is 4.79 Å². The van der Waals surface area contributed by atoms with E-state index >= 15 is 0 Å². The SMILES string of the molecule is COc1ccc(-n2nnnc2S[C@H](C)C(=O)c2c(C)[nH]c3ccccc23)cc1. The second-order valence-electron chi connectivity index (χ2n) is 6.37. The molecule has 0 aliphatic heterocycles. The zero-order chi connectivity index (χ0) is 19.7. The third-order valence-corrected chi connectivity index (χ3v) is 5.58. The van der Waals surface area contributed by atoms with Crippen LogP contribution in [-0.4, -0.2) is 43.3 Å². The van der Waals surface area contributed by atoms with E-state index in [1.54, 1.807) is 11.8 Å². The van der Waals surface area contributed by atoms with Gasteiger partial charge in [-0.15, -0.1) is 5.10 Å². The normalized spacial score (nSPS) is 12.2. The summed E-state index contributed by atoms with van der Waals surface area (Å²) in [4.78, 5) is 16.4. The fourth-order valence-electron chi connectivity index (χ4n) is 3.15. The molecular formula is C20H19N5O2S. The van der Waals surface area contributed by atoms with Gasteiger partial charge < -0.3 is 9.72 Å². The van der Waals surface area contributed by atoms with Gasteiger partial charge in [0, 0.05) is 22.2 Å². The molecule has 28 heavy (non-hydrogen) atoms. The van der Waals surface area contributed by atoms with Crippen LogP contribution in [0.25, 0.3) is 16.6 Å². The van der Waals surface area contributed by atoms with Crippen LogP contribution in [0, 0.1) is 6.92 Å². The van der Waals surface area contributed by atoms with E-state index < -0.39 is 0 Å². The van der Waals surface area contributed by atoms with Gasteiger partial charge in [0.05, 0.1) is 18.0 Å². The van der Waals surface area contributed by atoms with E-state index in [2.05, 4.69) is 20.5 Å². The molecule has 1 N–H and O–H groups in total. The Morgan fingerprint density at radius 2 is 1.93 bits per heavy atom. The number of Topliss-reactive ketones (excluding diaryl/α,β-unsaturated/α-hetero) is 1. The lowest BCUT2D eigenvalue weighted by Gasteiger charge is -2.11. The molecule has 2 aromatic carbocycles. The number of tetrazole rings is 1. The number of ether oxygens (including phenoxy) is 1. The van der Waals surface area contributed by atoms with Gasteiger partial charge in [-0.25, -0.2) is 0 Å². The van der Waals surface area contributed by atoms with E-state index in [-0.39, 0.29) is 11.0 Å². The van der Waals surface area contributed by atoms with Crippen LogP contribution >= 0.6 is 11.8 Å². The van der Waals surface area contributed by atoms with Crippen LogP contribution in [0.5, 0.6) is 5.75 Å². The number of aromatic nitrogens is 5. The Kier molecular flexibility index (Phi) is 4.87. The Bertz CT molecular complexity index is 1130. The van der Waals surface area contributed by atoms with Crippen LogP contribution in [0.15, 0.2) is 53.7 Å². The van der Waals surface area contributed by atoms with Crippen molar-refractivity contribution in [2.75, 3.05) is 7.11 Å². The smallest absolute Gasteiger partial charge is 0.214 e. The molecule has 2 heterocycles. The monoisotopic (exact) mass is 393 g/mol. The van der Waals surface area contributed by atoms with E-state index in [9.17, 15) is 4.79 Å². The number of H-pyrrole nitrogens is 1. The van der Waals surface area contributed by atoms with Gasteiger partial charge >= 0.3 is 0 Å². The highest BCUT2D eigenvalue weighted by molar-refractivity contribution is 8.00. The minimum atomic E-state index is -0.346. The molecule has 8 heteroatoms. The number of rotatable bonds is 6. The van der Waals surface area contributed by atoms with Gasteiger partial charge in [0.15, 0.2) is 5.78 Å². The average molecular weight is 393 g/mol.